The highest BCUT2D eigenvalue weighted by molar-refractivity contribution is 6.30. The van der Waals surface area contributed by atoms with Gasteiger partial charge in [0.2, 0.25) is 0 Å². The van der Waals surface area contributed by atoms with Crippen molar-refractivity contribution < 1.29 is 9.90 Å². The van der Waals surface area contributed by atoms with E-state index in [9.17, 15) is 9.90 Å². The fourth-order valence-electron chi connectivity index (χ4n) is 1.79. The van der Waals surface area contributed by atoms with Gasteiger partial charge in [-0.2, -0.15) is 5.10 Å². The van der Waals surface area contributed by atoms with Gasteiger partial charge >= 0.3 is 0 Å². The molecule has 21 heavy (non-hydrogen) atoms. The molecule has 0 spiro atoms. The number of halogens is 1. The summed E-state index contributed by atoms with van der Waals surface area (Å²) in [5.41, 5.74) is 4.62. The van der Waals surface area contributed by atoms with Gasteiger partial charge in [-0.25, -0.2) is 5.43 Å². The first kappa shape index (κ1) is 15.1. The quantitative estimate of drug-likeness (QED) is 0.669. The van der Waals surface area contributed by atoms with Crippen LogP contribution in [-0.2, 0) is 0 Å². The Labute approximate surface area is 128 Å². The van der Waals surface area contributed by atoms with Crippen LogP contribution in [0.3, 0.4) is 0 Å². The molecule has 2 rings (SSSR count). The molecule has 2 aromatic rings. The number of hydrazone groups is 1. The Morgan fingerprint density at radius 3 is 2.24 bits per heavy atom. The minimum Gasteiger partial charge on any atom is -0.508 e. The first-order valence-electron chi connectivity index (χ1n) is 6.52. The molecule has 0 fully saturated rings. The van der Waals surface area contributed by atoms with E-state index in [0.29, 0.717) is 17.0 Å². The number of hydrogen-bond donors (Lipinski definition) is 2. The van der Waals surface area contributed by atoms with Gasteiger partial charge in [0.05, 0.1) is 5.71 Å². The zero-order valence-corrected chi connectivity index (χ0v) is 12.3. The predicted octanol–water partition coefficient (Wildman–Crippen LogP) is 3.59. The van der Waals surface area contributed by atoms with Crippen molar-refractivity contribution in [2.24, 2.45) is 5.10 Å². The van der Waals surface area contributed by atoms with Gasteiger partial charge in [-0.15, -0.1) is 0 Å². The Balaban J connectivity index is 2.12. The predicted molar refractivity (Wildman–Crippen MR) is 83.9 cm³/mol. The van der Waals surface area contributed by atoms with Gasteiger partial charge < -0.3 is 5.11 Å². The Hall–Kier alpha value is -2.33. The number of carbonyl (C=O) groups is 1. The van der Waals surface area contributed by atoms with Gasteiger partial charge in [-0.3, -0.25) is 4.79 Å². The lowest BCUT2D eigenvalue weighted by Gasteiger charge is -2.05. The van der Waals surface area contributed by atoms with Crippen LogP contribution in [0.2, 0.25) is 5.02 Å². The maximum absolute atomic E-state index is 11.9. The molecule has 5 heteroatoms. The smallest absolute Gasteiger partial charge is 0.271 e. The molecule has 0 aliphatic carbocycles. The molecule has 2 aromatic carbocycles. The highest BCUT2D eigenvalue weighted by Gasteiger charge is 2.06. The first-order valence-corrected chi connectivity index (χ1v) is 6.90. The number of hydrogen-bond acceptors (Lipinski definition) is 3. The van der Waals surface area contributed by atoms with Gasteiger partial charge in [0.1, 0.15) is 5.75 Å². The topological polar surface area (TPSA) is 61.7 Å². The number of nitrogens with zero attached hydrogens (tertiary/aromatic N) is 1. The minimum absolute atomic E-state index is 0.116. The summed E-state index contributed by atoms with van der Waals surface area (Å²) in [6, 6.07) is 13.3. The zero-order chi connectivity index (χ0) is 15.2. The van der Waals surface area contributed by atoms with E-state index in [0.717, 1.165) is 11.3 Å². The van der Waals surface area contributed by atoms with E-state index in [1.54, 1.807) is 12.1 Å². The summed E-state index contributed by atoms with van der Waals surface area (Å²) < 4.78 is 0. The lowest BCUT2D eigenvalue weighted by molar-refractivity contribution is 0.0955. The number of nitrogens with one attached hydrogen (secondary N) is 1. The maximum Gasteiger partial charge on any atom is 0.271 e. The first-order chi connectivity index (χ1) is 10.1. The molecule has 0 radical (unpaired) electrons. The summed E-state index contributed by atoms with van der Waals surface area (Å²) in [6.07, 6.45) is 0.678. The minimum atomic E-state index is -0.324. The summed E-state index contributed by atoms with van der Waals surface area (Å²) in [7, 11) is 0. The third-order valence-corrected chi connectivity index (χ3v) is 3.19. The molecule has 0 aromatic heterocycles. The van der Waals surface area contributed by atoms with Crippen molar-refractivity contribution in [1.82, 2.24) is 5.43 Å². The van der Waals surface area contributed by atoms with Crippen molar-refractivity contribution >= 4 is 23.2 Å². The van der Waals surface area contributed by atoms with Crippen molar-refractivity contribution in [3.05, 3.63) is 64.7 Å². The second-order valence-electron chi connectivity index (χ2n) is 4.41. The van der Waals surface area contributed by atoms with E-state index >= 15 is 0 Å². The third kappa shape index (κ3) is 4.07. The molecule has 0 bridgehead atoms. The molecule has 108 valence electrons. The fraction of sp³-hybridized carbons (Fsp3) is 0.125. The van der Waals surface area contributed by atoms with Crippen LogP contribution in [0.5, 0.6) is 5.75 Å². The lowest BCUT2D eigenvalue weighted by atomic mass is 10.1. The monoisotopic (exact) mass is 302 g/mol. The lowest BCUT2D eigenvalue weighted by Crippen LogP contribution is -2.19. The van der Waals surface area contributed by atoms with Gasteiger partial charge in [0.15, 0.2) is 0 Å². The number of phenolic OH excluding ortho intramolecular Hbond substituents is 1. The third-order valence-electron chi connectivity index (χ3n) is 2.93. The van der Waals surface area contributed by atoms with E-state index in [-0.39, 0.29) is 11.7 Å². The molecule has 2 N–H and O–H groups in total. The van der Waals surface area contributed by atoms with E-state index in [1.165, 1.54) is 24.3 Å². The summed E-state index contributed by atoms with van der Waals surface area (Å²) in [4.78, 5) is 11.9. The average molecular weight is 303 g/mol. The molecule has 1 amide bonds. The highest BCUT2D eigenvalue weighted by atomic mass is 35.5. The van der Waals surface area contributed by atoms with Crippen LogP contribution in [0.1, 0.15) is 29.3 Å². The summed E-state index contributed by atoms with van der Waals surface area (Å²) >= 11 is 5.85. The molecule has 0 atom stereocenters. The SMILES string of the molecule is CC/C(=N/NC(=O)c1ccc(O)cc1)c1ccc(Cl)cc1. The van der Waals surface area contributed by atoms with Crippen LogP contribution >= 0.6 is 11.6 Å². The van der Waals surface area contributed by atoms with E-state index < -0.39 is 0 Å². The fourth-order valence-corrected chi connectivity index (χ4v) is 1.91. The maximum atomic E-state index is 11.9. The van der Waals surface area contributed by atoms with Gasteiger partial charge in [-0.1, -0.05) is 30.7 Å². The zero-order valence-electron chi connectivity index (χ0n) is 11.5. The van der Waals surface area contributed by atoms with Crippen LogP contribution in [0.15, 0.2) is 53.6 Å². The molecule has 0 aliphatic heterocycles. The molecule has 0 aliphatic rings. The number of phenols is 1. The number of carbonyl (C=O) groups excluding carboxylic acids is 1. The van der Waals surface area contributed by atoms with Crippen LogP contribution in [-0.4, -0.2) is 16.7 Å². The van der Waals surface area contributed by atoms with Crippen molar-refractivity contribution in [1.29, 1.82) is 0 Å². The van der Waals surface area contributed by atoms with Crippen molar-refractivity contribution in [3.63, 3.8) is 0 Å². The second kappa shape index (κ2) is 6.90. The molecule has 0 unspecified atom stereocenters. The highest BCUT2D eigenvalue weighted by Crippen LogP contribution is 2.12. The van der Waals surface area contributed by atoms with Crippen LogP contribution in [0.4, 0.5) is 0 Å². The number of amides is 1. The van der Waals surface area contributed by atoms with E-state index in [4.69, 9.17) is 11.6 Å². The average Bonchev–Trinajstić information content (AvgIpc) is 2.50. The Kier molecular flexibility index (Phi) is 4.95. The van der Waals surface area contributed by atoms with Gasteiger partial charge in [0, 0.05) is 10.6 Å². The van der Waals surface area contributed by atoms with E-state index in [2.05, 4.69) is 10.5 Å². The largest absolute Gasteiger partial charge is 0.508 e. The second-order valence-corrected chi connectivity index (χ2v) is 4.84. The Bertz CT molecular complexity index is 649. The van der Waals surface area contributed by atoms with E-state index in [1.807, 2.05) is 19.1 Å². The summed E-state index contributed by atoms with van der Waals surface area (Å²) in [5, 5.41) is 14.0. The summed E-state index contributed by atoms with van der Waals surface area (Å²) in [5.74, 6) is -0.208. The van der Waals surface area contributed by atoms with Crippen LogP contribution < -0.4 is 5.43 Å². The Morgan fingerprint density at radius 2 is 1.67 bits per heavy atom. The van der Waals surface area contributed by atoms with Gasteiger partial charge in [0.25, 0.3) is 5.91 Å². The van der Waals surface area contributed by atoms with Crippen LogP contribution in [0, 0.1) is 0 Å². The molecule has 0 saturated carbocycles. The standard InChI is InChI=1S/C16H15ClN2O2/c1-2-15(11-3-7-13(17)8-4-11)18-19-16(21)12-5-9-14(20)10-6-12/h3-10,20H,2H2,1H3,(H,19,21)/b18-15-. The molecule has 4 nitrogen and oxygen atoms in total. The number of aromatic hydroxyl groups is 1. The van der Waals surface area contributed by atoms with Crippen molar-refractivity contribution in [3.8, 4) is 5.75 Å². The number of rotatable bonds is 4. The van der Waals surface area contributed by atoms with Crippen LogP contribution in [0.25, 0.3) is 0 Å². The van der Waals surface area contributed by atoms with Gasteiger partial charge in [-0.05, 0) is 48.4 Å². The summed E-state index contributed by atoms with van der Waals surface area (Å²) in [6.45, 7) is 1.96. The molecular formula is C16H15ClN2O2. The van der Waals surface area contributed by atoms with Crippen molar-refractivity contribution in [2.45, 2.75) is 13.3 Å². The molecular weight excluding hydrogens is 288 g/mol. The normalized spacial score (nSPS) is 11.2. The molecule has 0 saturated heterocycles. The molecule has 0 heterocycles. The Morgan fingerprint density at radius 1 is 1.10 bits per heavy atom. The van der Waals surface area contributed by atoms with Crippen molar-refractivity contribution in [2.75, 3.05) is 0 Å². The number of benzene rings is 2.